The van der Waals surface area contributed by atoms with Gasteiger partial charge in [-0.3, -0.25) is 10.1 Å². The lowest BCUT2D eigenvalue weighted by molar-refractivity contribution is -0.114. The van der Waals surface area contributed by atoms with Crippen LogP contribution in [0.2, 0.25) is 0 Å². The summed E-state index contributed by atoms with van der Waals surface area (Å²) in [7, 11) is 0. The van der Waals surface area contributed by atoms with Crippen molar-refractivity contribution >= 4 is 22.4 Å². The number of nitrogens with zero attached hydrogens (tertiary/aromatic N) is 2. The summed E-state index contributed by atoms with van der Waals surface area (Å²) < 4.78 is 0. The van der Waals surface area contributed by atoms with Crippen LogP contribution in [-0.4, -0.2) is 17.4 Å². The van der Waals surface area contributed by atoms with E-state index in [-0.39, 0.29) is 12.5 Å². The zero-order valence-electron chi connectivity index (χ0n) is 7.42. The average molecular weight is 195 g/mol. The van der Waals surface area contributed by atoms with Crippen molar-refractivity contribution in [3.05, 3.63) is 22.0 Å². The van der Waals surface area contributed by atoms with Crippen LogP contribution in [0.15, 0.2) is 0 Å². The number of aromatic nitrogens is 1. The van der Waals surface area contributed by atoms with Gasteiger partial charge in [-0.25, -0.2) is 11.6 Å². The van der Waals surface area contributed by atoms with Crippen molar-refractivity contribution in [2.45, 2.75) is 13.8 Å². The number of aryl methyl sites for hydroxylation is 2. The Morgan fingerprint density at radius 3 is 2.85 bits per heavy atom. The second-order valence-electron chi connectivity index (χ2n) is 2.53. The van der Waals surface area contributed by atoms with Gasteiger partial charge in [0.15, 0.2) is 5.13 Å². The number of rotatable bonds is 2. The van der Waals surface area contributed by atoms with Crippen LogP contribution in [0.5, 0.6) is 0 Å². The highest BCUT2D eigenvalue weighted by molar-refractivity contribution is 7.15. The van der Waals surface area contributed by atoms with Gasteiger partial charge in [0.25, 0.3) is 6.54 Å². The molecule has 0 radical (unpaired) electrons. The molecule has 1 amide bonds. The fraction of sp³-hybridized carbons (Fsp3) is 0.375. The molecule has 1 N–H and O–H groups in total. The number of thiazole rings is 1. The lowest BCUT2D eigenvalue weighted by atomic mass is 10.4. The Bertz CT molecular complexity index is 344. The number of hydrogen-bond donors (Lipinski definition) is 1. The first-order chi connectivity index (χ1) is 6.13. The molecule has 5 heteroatoms. The summed E-state index contributed by atoms with van der Waals surface area (Å²) in [5, 5.41) is 3.13. The highest BCUT2D eigenvalue weighted by atomic mass is 32.1. The van der Waals surface area contributed by atoms with E-state index in [1.54, 1.807) is 0 Å². The number of amides is 1. The predicted molar refractivity (Wildman–Crippen MR) is 51.7 cm³/mol. The number of carbonyl (C=O) groups excluding carboxylic acids is 1. The van der Waals surface area contributed by atoms with E-state index in [2.05, 4.69) is 15.1 Å². The van der Waals surface area contributed by atoms with Crippen molar-refractivity contribution in [1.29, 1.82) is 0 Å². The fourth-order valence-electron chi connectivity index (χ4n) is 0.757. The predicted octanol–water partition coefficient (Wildman–Crippen LogP) is 1.62. The van der Waals surface area contributed by atoms with Gasteiger partial charge in [-0.2, -0.15) is 0 Å². The summed E-state index contributed by atoms with van der Waals surface area (Å²) in [6, 6.07) is 0. The molecular formula is C8H9N3OS. The van der Waals surface area contributed by atoms with E-state index < -0.39 is 0 Å². The SMILES string of the molecule is [C-]#[N+]CC(=O)Nc1nc(C)c(C)s1. The minimum Gasteiger partial charge on any atom is -0.306 e. The van der Waals surface area contributed by atoms with Crippen LogP contribution >= 0.6 is 11.3 Å². The van der Waals surface area contributed by atoms with Gasteiger partial charge in [0, 0.05) is 4.88 Å². The summed E-state index contributed by atoms with van der Waals surface area (Å²) >= 11 is 1.42. The van der Waals surface area contributed by atoms with E-state index in [4.69, 9.17) is 6.57 Å². The Labute approximate surface area is 80.4 Å². The van der Waals surface area contributed by atoms with Crippen LogP contribution in [0, 0.1) is 20.4 Å². The zero-order chi connectivity index (χ0) is 9.84. The molecule has 13 heavy (non-hydrogen) atoms. The summed E-state index contributed by atoms with van der Waals surface area (Å²) in [5.41, 5.74) is 0.920. The van der Waals surface area contributed by atoms with Crippen LogP contribution in [-0.2, 0) is 4.79 Å². The average Bonchev–Trinajstić information content (AvgIpc) is 2.31. The van der Waals surface area contributed by atoms with Crippen LogP contribution < -0.4 is 5.32 Å². The lowest BCUT2D eigenvalue weighted by Gasteiger charge is -1.92. The van der Waals surface area contributed by atoms with Gasteiger partial charge >= 0.3 is 5.91 Å². The molecule has 0 unspecified atom stereocenters. The van der Waals surface area contributed by atoms with Crippen molar-refractivity contribution < 1.29 is 4.79 Å². The normalized spacial score (nSPS) is 9.31. The van der Waals surface area contributed by atoms with Crippen molar-refractivity contribution in [3.63, 3.8) is 0 Å². The van der Waals surface area contributed by atoms with Crippen molar-refractivity contribution in [2.75, 3.05) is 11.9 Å². The first-order valence-electron chi connectivity index (χ1n) is 3.70. The van der Waals surface area contributed by atoms with E-state index >= 15 is 0 Å². The Hall–Kier alpha value is -1.41. The Morgan fingerprint density at radius 1 is 1.69 bits per heavy atom. The molecule has 4 nitrogen and oxygen atoms in total. The molecule has 0 aliphatic rings. The highest BCUT2D eigenvalue weighted by Crippen LogP contribution is 2.20. The maximum absolute atomic E-state index is 11.0. The van der Waals surface area contributed by atoms with Gasteiger partial charge < -0.3 is 4.85 Å². The molecule has 0 saturated heterocycles. The van der Waals surface area contributed by atoms with Crippen LogP contribution in [0.25, 0.3) is 4.85 Å². The summed E-state index contributed by atoms with van der Waals surface area (Å²) in [6.45, 7) is 10.2. The smallest absolute Gasteiger partial charge is 0.306 e. The Balaban J connectivity index is 2.65. The van der Waals surface area contributed by atoms with E-state index in [1.165, 1.54) is 11.3 Å². The van der Waals surface area contributed by atoms with Crippen molar-refractivity contribution in [2.24, 2.45) is 0 Å². The zero-order valence-corrected chi connectivity index (χ0v) is 8.23. The lowest BCUT2D eigenvalue weighted by Crippen LogP contribution is -2.13. The van der Waals surface area contributed by atoms with E-state index in [0.717, 1.165) is 10.6 Å². The molecule has 0 aliphatic carbocycles. The van der Waals surface area contributed by atoms with Gasteiger partial charge in [-0.15, -0.1) is 11.3 Å². The summed E-state index contributed by atoms with van der Waals surface area (Å²) in [4.78, 5) is 19.1. The molecule has 0 aromatic carbocycles. The number of anilines is 1. The minimum absolute atomic E-state index is 0.141. The van der Waals surface area contributed by atoms with Gasteiger partial charge in [-0.05, 0) is 13.8 Å². The fourth-order valence-corrected chi connectivity index (χ4v) is 1.59. The third-order valence-electron chi connectivity index (χ3n) is 1.50. The Kier molecular flexibility index (Phi) is 2.98. The quantitative estimate of drug-likeness (QED) is 0.729. The topological polar surface area (TPSA) is 46.4 Å². The minimum atomic E-state index is -0.302. The molecule has 1 heterocycles. The molecule has 0 aliphatic heterocycles. The first kappa shape index (κ1) is 9.68. The third-order valence-corrected chi connectivity index (χ3v) is 2.49. The molecule has 0 bridgehead atoms. The molecule has 1 aromatic rings. The standard InChI is InChI=1S/C8H9N3OS/c1-5-6(2)13-8(10-5)11-7(12)4-9-3/h4H2,1-2H3,(H,10,11,12). The second-order valence-corrected chi connectivity index (χ2v) is 3.73. The first-order valence-corrected chi connectivity index (χ1v) is 4.52. The number of nitrogens with one attached hydrogen (secondary N) is 1. The molecule has 0 fully saturated rings. The highest BCUT2D eigenvalue weighted by Gasteiger charge is 2.08. The van der Waals surface area contributed by atoms with Gasteiger partial charge in [0.1, 0.15) is 0 Å². The maximum atomic E-state index is 11.0. The van der Waals surface area contributed by atoms with Crippen LogP contribution in [0.3, 0.4) is 0 Å². The second kappa shape index (κ2) is 4.01. The molecular weight excluding hydrogens is 186 g/mol. The van der Waals surface area contributed by atoms with Crippen LogP contribution in [0.4, 0.5) is 5.13 Å². The summed E-state index contributed by atoms with van der Waals surface area (Å²) in [6.07, 6.45) is 0. The summed E-state index contributed by atoms with van der Waals surface area (Å²) in [5.74, 6) is -0.302. The van der Waals surface area contributed by atoms with Crippen molar-refractivity contribution in [3.8, 4) is 0 Å². The molecule has 0 atom stereocenters. The largest absolute Gasteiger partial charge is 0.306 e. The maximum Gasteiger partial charge on any atom is 0.306 e. The van der Waals surface area contributed by atoms with Crippen LogP contribution in [0.1, 0.15) is 10.6 Å². The van der Waals surface area contributed by atoms with E-state index in [0.29, 0.717) is 5.13 Å². The van der Waals surface area contributed by atoms with Gasteiger partial charge in [0.2, 0.25) is 0 Å². The third kappa shape index (κ3) is 2.53. The molecule has 0 saturated carbocycles. The molecule has 0 spiro atoms. The molecule has 1 aromatic heterocycles. The monoisotopic (exact) mass is 195 g/mol. The molecule has 68 valence electrons. The number of carbonyl (C=O) groups is 1. The molecule has 1 rings (SSSR count). The van der Waals surface area contributed by atoms with Gasteiger partial charge in [0.05, 0.1) is 5.69 Å². The van der Waals surface area contributed by atoms with Gasteiger partial charge in [-0.1, -0.05) is 0 Å². The van der Waals surface area contributed by atoms with E-state index in [9.17, 15) is 4.79 Å². The number of hydrogen-bond acceptors (Lipinski definition) is 3. The van der Waals surface area contributed by atoms with Crippen molar-refractivity contribution in [1.82, 2.24) is 4.98 Å². The Morgan fingerprint density at radius 2 is 2.38 bits per heavy atom. The van der Waals surface area contributed by atoms with E-state index in [1.807, 2.05) is 13.8 Å².